The molecule has 0 fully saturated rings. The third kappa shape index (κ3) is 1.44. The van der Waals surface area contributed by atoms with Gasteiger partial charge < -0.3 is 9.72 Å². The first-order chi connectivity index (χ1) is 6.81. The van der Waals surface area contributed by atoms with Crippen molar-refractivity contribution in [2.24, 2.45) is 0 Å². The number of carbonyl (C=O) groups excluding carboxylic acids is 1. The molecule has 1 N–H and O–H groups in total. The molecule has 0 saturated heterocycles. The van der Waals surface area contributed by atoms with E-state index in [1.54, 1.807) is 19.2 Å². The van der Waals surface area contributed by atoms with Gasteiger partial charge in [0.05, 0.1) is 12.8 Å². The summed E-state index contributed by atoms with van der Waals surface area (Å²) in [6.07, 6.45) is 3.13. The van der Waals surface area contributed by atoms with Crippen LogP contribution in [0.3, 0.4) is 0 Å². The average Bonchev–Trinajstić information content (AvgIpc) is 2.64. The van der Waals surface area contributed by atoms with Gasteiger partial charge in [0, 0.05) is 6.20 Å². The third-order valence-corrected chi connectivity index (χ3v) is 1.75. The third-order valence-electron chi connectivity index (χ3n) is 1.75. The minimum Gasteiger partial charge on any atom is -0.461 e. The number of aromatic nitrogens is 3. The number of nitrogens with zero attached hydrogens (tertiary/aromatic N) is 2. The molecule has 0 aromatic carbocycles. The second kappa shape index (κ2) is 3.45. The molecule has 0 saturated carbocycles. The fraction of sp³-hybridized carbons (Fsp3) is 0.222. The predicted molar refractivity (Wildman–Crippen MR) is 49.8 cm³/mol. The molecule has 0 bridgehead atoms. The maximum absolute atomic E-state index is 11.3. The molecule has 0 amide bonds. The van der Waals surface area contributed by atoms with Crippen LogP contribution in [0.25, 0.3) is 11.2 Å². The molecule has 0 atom stereocenters. The average molecular weight is 191 g/mol. The summed E-state index contributed by atoms with van der Waals surface area (Å²) in [5, 5.41) is 0. The van der Waals surface area contributed by atoms with Gasteiger partial charge in [0.25, 0.3) is 0 Å². The SMILES string of the molecule is CCOC(=O)c1cnc2cc[nH]c2n1. The van der Waals surface area contributed by atoms with Crippen LogP contribution in [0.1, 0.15) is 17.4 Å². The number of esters is 1. The lowest BCUT2D eigenvalue weighted by Crippen LogP contribution is -2.07. The van der Waals surface area contributed by atoms with Crippen LogP contribution in [0.5, 0.6) is 0 Å². The number of hydrogen-bond acceptors (Lipinski definition) is 4. The molecule has 0 unspecified atom stereocenters. The molecule has 0 aliphatic heterocycles. The Kier molecular flexibility index (Phi) is 2.14. The number of ether oxygens (including phenoxy) is 1. The van der Waals surface area contributed by atoms with Crippen molar-refractivity contribution in [2.45, 2.75) is 6.92 Å². The molecule has 72 valence electrons. The van der Waals surface area contributed by atoms with Gasteiger partial charge in [-0.05, 0) is 13.0 Å². The first-order valence-corrected chi connectivity index (χ1v) is 4.28. The molecule has 0 aliphatic rings. The first kappa shape index (κ1) is 8.68. The van der Waals surface area contributed by atoms with Gasteiger partial charge >= 0.3 is 5.97 Å². The monoisotopic (exact) mass is 191 g/mol. The molecule has 0 aliphatic carbocycles. The van der Waals surface area contributed by atoms with E-state index in [0.717, 1.165) is 5.52 Å². The molecule has 2 heterocycles. The van der Waals surface area contributed by atoms with Crippen LogP contribution >= 0.6 is 0 Å². The lowest BCUT2D eigenvalue weighted by Gasteiger charge is -1.99. The smallest absolute Gasteiger partial charge is 0.358 e. The van der Waals surface area contributed by atoms with Crippen LogP contribution in [-0.4, -0.2) is 27.5 Å². The van der Waals surface area contributed by atoms with E-state index in [9.17, 15) is 4.79 Å². The first-order valence-electron chi connectivity index (χ1n) is 4.28. The van der Waals surface area contributed by atoms with E-state index in [1.165, 1.54) is 6.20 Å². The summed E-state index contributed by atoms with van der Waals surface area (Å²) in [5.74, 6) is -0.448. The fourth-order valence-corrected chi connectivity index (χ4v) is 1.13. The normalized spacial score (nSPS) is 10.4. The van der Waals surface area contributed by atoms with Crippen molar-refractivity contribution >= 4 is 17.1 Å². The highest BCUT2D eigenvalue weighted by atomic mass is 16.5. The Morgan fingerprint density at radius 1 is 1.64 bits per heavy atom. The van der Waals surface area contributed by atoms with E-state index in [4.69, 9.17) is 4.74 Å². The Morgan fingerprint density at radius 3 is 3.29 bits per heavy atom. The van der Waals surface area contributed by atoms with Crippen LogP contribution in [0.15, 0.2) is 18.5 Å². The number of H-pyrrole nitrogens is 1. The summed E-state index contributed by atoms with van der Waals surface area (Å²) in [6, 6.07) is 1.79. The van der Waals surface area contributed by atoms with E-state index in [2.05, 4.69) is 15.0 Å². The maximum atomic E-state index is 11.3. The Balaban J connectivity index is 2.38. The fourth-order valence-electron chi connectivity index (χ4n) is 1.13. The molecule has 14 heavy (non-hydrogen) atoms. The summed E-state index contributed by atoms with van der Waals surface area (Å²) in [6.45, 7) is 2.09. The van der Waals surface area contributed by atoms with Gasteiger partial charge in [-0.25, -0.2) is 9.78 Å². The van der Waals surface area contributed by atoms with Gasteiger partial charge in [0.2, 0.25) is 0 Å². The minimum absolute atomic E-state index is 0.224. The van der Waals surface area contributed by atoms with E-state index in [1.807, 2.05) is 0 Å². The van der Waals surface area contributed by atoms with Gasteiger partial charge in [-0.1, -0.05) is 0 Å². The molecule has 0 radical (unpaired) electrons. The van der Waals surface area contributed by atoms with Gasteiger partial charge in [-0.15, -0.1) is 0 Å². The highest BCUT2D eigenvalue weighted by Gasteiger charge is 2.09. The number of aromatic amines is 1. The maximum Gasteiger partial charge on any atom is 0.358 e. The number of carbonyl (C=O) groups is 1. The minimum atomic E-state index is -0.448. The predicted octanol–water partition coefficient (Wildman–Crippen LogP) is 1.13. The highest BCUT2D eigenvalue weighted by molar-refractivity contribution is 5.88. The molecule has 2 aromatic rings. The Morgan fingerprint density at radius 2 is 2.50 bits per heavy atom. The van der Waals surface area contributed by atoms with Crippen molar-refractivity contribution in [3.63, 3.8) is 0 Å². The van der Waals surface area contributed by atoms with Crippen LogP contribution < -0.4 is 0 Å². The zero-order chi connectivity index (χ0) is 9.97. The molecule has 2 rings (SSSR count). The van der Waals surface area contributed by atoms with Crippen molar-refractivity contribution in [1.82, 2.24) is 15.0 Å². The highest BCUT2D eigenvalue weighted by Crippen LogP contribution is 2.06. The second-order valence-electron chi connectivity index (χ2n) is 2.69. The standard InChI is InChI=1S/C9H9N3O2/c1-2-14-9(13)7-5-11-6-3-4-10-8(6)12-7/h3-5H,2H2,1H3,(H,10,12). The summed E-state index contributed by atoms with van der Waals surface area (Å²) in [5.41, 5.74) is 1.55. The van der Waals surface area contributed by atoms with E-state index < -0.39 is 5.97 Å². The van der Waals surface area contributed by atoms with Crippen molar-refractivity contribution in [1.29, 1.82) is 0 Å². The van der Waals surface area contributed by atoms with Crippen LogP contribution in [0.2, 0.25) is 0 Å². The molecular formula is C9H9N3O2. The summed E-state index contributed by atoms with van der Waals surface area (Å²) >= 11 is 0. The number of hydrogen-bond donors (Lipinski definition) is 1. The largest absolute Gasteiger partial charge is 0.461 e. The number of nitrogens with one attached hydrogen (secondary N) is 1. The van der Waals surface area contributed by atoms with Crippen LogP contribution in [0, 0.1) is 0 Å². The molecule has 5 heteroatoms. The molecular weight excluding hydrogens is 182 g/mol. The second-order valence-corrected chi connectivity index (χ2v) is 2.69. The summed E-state index contributed by atoms with van der Waals surface area (Å²) in [7, 11) is 0. The topological polar surface area (TPSA) is 67.9 Å². The van der Waals surface area contributed by atoms with E-state index in [-0.39, 0.29) is 5.69 Å². The lowest BCUT2D eigenvalue weighted by molar-refractivity contribution is 0.0519. The van der Waals surface area contributed by atoms with Crippen molar-refractivity contribution < 1.29 is 9.53 Å². The molecule has 0 spiro atoms. The van der Waals surface area contributed by atoms with Gasteiger partial charge in [-0.3, -0.25) is 4.98 Å². The summed E-state index contributed by atoms with van der Waals surface area (Å²) < 4.78 is 4.80. The van der Waals surface area contributed by atoms with Gasteiger partial charge in [0.15, 0.2) is 11.3 Å². The Labute approximate surface area is 80.1 Å². The Hall–Kier alpha value is -1.91. The lowest BCUT2D eigenvalue weighted by atomic mass is 10.4. The van der Waals surface area contributed by atoms with Crippen molar-refractivity contribution in [2.75, 3.05) is 6.61 Å². The number of rotatable bonds is 2. The van der Waals surface area contributed by atoms with Crippen molar-refractivity contribution in [3.05, 3.63) is 24.2 Å². The van der Waals surface area contributed by atoms with E-state index >= 15 is 0 Å². The molecule has 5 nitrogen and oxygen atoms in total. The number of fused-ring (bicyclic) bond motifs is 1. The molecule has 2 aromatic heterocycles. The Bertz CT molecular complexity index is 464. The van der Waals surface area contributed by atoms with E-state index in [0.29, 0.717) is 12.3 Å². The van der Waals surface area contributed by atoms with Crippen LogP contribution in [0.4, 0.5) is 0 Å². The quantitative estimate of drug-likeness (QED) is 0.722. The summed E-state index contributed by atoms with van der Waals surface area (Å²) in [4.78, 5) is 22.3. The zero-order valence-corrected chi connectivity index (χ0v) is 7.65. The van der Waals surface area contributed by atoms with Crippen LogP contribution in [-0.2, 0) is 4.74 Å². The van der Waals surface area contributed by atoms with Gasteiger partial charge in [-0.2, -0.15) is 0 Å². The van der Waals surface area contributed by atoms with Gasteiger partial charge in [0.1, 0.15) is 5.52 Å². The van der Waals surface area contributed by atoms with Crippen molar-refractivity contribution in [3.8, 4) is 0 Å². The zero-order valence-electron chi connectivity index (χ0n) is 7.65.